The van der Waals surface area contributed by atoms with Crippen LogP contribution < -0.4 is 0 Å². The SMILES string of the molecule is COCCN(CCOC)[C@H]1CCC2=CC3=CC[C@]4(C)C(c5ccc6ccncc6c5)CC[C@H]4[C@@]34CC[C@]2(C1)O4. The molecule has 3 fully saturated rings. The fourth-order valence-electron chi connectivity index (χ4n) is 9.46. The van der Waals surface area contributed by atoms with Crippen molar-refractivity contribution >= 4 is 10.8 Å². The zero-order chi connectivity index (χ0) is 26.7. The average Bonchev–Trinajstić information content (AvgIpc) is 3.47. The lowest BCUT2D eigenvalue weighted by molar-refractivity contribution is -0.141. The molecule has 7 rings (SSSR count). The number of aromatic nitrogens is 1. The number of methoxy groups -OCH3 is 2. The summed E-state index contributed by atoms with van der Waals surface area (Å²) < 4.78 is 18.5. The van der Waals surface area contributed by atoms with Gasteiger partial charge in [0.15, 0.2) is 0 Å². The molecule has 0 radical (unpaired) electrons. The summed E-state index contributed by atoms with van der Waals surface area (Å²) in [6.45, 7) is 6.01. The quantitative estimate of drug-likeness (QED) is 0.395. The van der Waals surface area contributed by atoms with Gasteiger partial charge in [-0.05, 0) is 103 Å². The van der Waals surface area contributed by atoms with Crippen LogP contribution in [0.3, 0.4) is 0 Å². The molecule has 2 bridgehead atoms. The van der Waals surface area contributed by atoms with E-state index in [2.05, 4.69) is 53.2 Å². The number of benzene rings is 1. The number of fused-ring (bicyclic) bond motifs is 2. The third kappa shape index (κ3) is 3.99. The lowest BCUT2D eigenvalue weighted by Crippen LogP contribution is -2.55. The Labute approximate surface area is 233 Å². The van der Waals surface area contributed by atoms with Gasteiger partial charge in [-0.1, -0.05) is 31.2 Å². The van der Waals surface area contributed by atoms with E-state index < -0.39 is 0 Å². The van der Waals surface area contributed by atoms with Gasteiger partial charge in [0.05, 0.1) is 24.4 Å². The van der Waals surface area contributed by atoms with Gasteiger partial charge in [0, 0.05) is 51.1 Å². The van der Waals surface area contributed by atoms with Gasteiger partial charge < -0.3 is 14.2 Å². The van der Waals surface area contributed by atoms with Crippen LogP contribution in [0.2, 0.25) is 0 Å². The number of hydrogen-bond acceptors (Lipinski definition) is 5. The summed E-state index contributed by atoms with van der Waals surface area (Å²) in [6.07, 6.45) is 18.5. The monoisotopic (exact) mass is 528 g/mol. The van der Waals surface area contributed by atoms with Gasteiger partial charge in [-0.15, -0.1) is 0 Å². The summed E-state index contributed by atoms with van der Waals surface area (Å²) >= 11 is 0. The van der Waals surface area contributed by atoms with Crippen molar-refractivity contribution in [1.29, 1.82) is 0 Å². The van der Waals surface area contributed by atoms with Crippen molar-refractivity contribution in [2.75, 3.05) is 40.5 Å². The van der Waals surface area contributed by atoms with Crippen LogP contribution in [0.5, 0.6) is 0 Å². The molecular formula is C34H44N2O3. The highest BCUT2D eigenvalue weighted by Crippen LogP contribution is 2.69. The Hall–Kier alpha value is -2.05. The Morgan fingerprint density at radius 3 is 2.69 bits per heavy atom. The Morgan fingerprint density at radius 2 is 1.87 bits per heavy atom. The second-order valence-electron chi connectivity index (χ2n) is 13.1. The largest absolute Gasteiger partial charge is 0.383 e. The third-order valence-corrected chi connectivity index (χ3v) is 11.4. The van der Waals surface area contributed by atoms with Gasteiger partial charge in [-0.3, -0.25) is 9.88 Å². The molecule has 5 nitrogen and oxygen atoms in total. The van der Waals surface area contributed by atoms with Crippen molar-refractivity contribution < 1.29 is 14.2 Å². The van der Waals surface area contributed by atoms with E-state index in [9.17, 15) is 0 Å². The minimum absolute atomic E-state index is 0.0936. The molecule has 5 heteroatoms. The first kappa shape index (κ1) is 25.9. The summed E-state index contributed by atoms with van der Waals surface area (Å²) in [7, 11) is 3.61. The number of ether oxygens (including phenoxy) is 3. The molecule has 0 N–H and O–H groups in total. The van der Waals surface area contributed by atoms with E-state index >= 15 is 0 Å². The van der Waals surface area contributed by atoms with Gasteiger partial charge in [-0.2, -0.15) is 0 Å². The molecule has 2 spiro atoms. The number of rotatable bonds is 8. The molecule has 3 heterocycles. The van der Waals surface area contributed by atoms with Gasteiger partial charge in [0.25, 0.3) is 0 Å². The minimum atomic E-state index is -0.116. The topological polar surface area (TPSA) is 43.8 Å². The maximum atomic E-state index is 7.57. The lowest BCUT2D eigenvalue weighted by Gasteiger charge is -2.55. The second-order valence-corrected chi connectivity index (χ2v) is 13.1. The van der Waals surface area contributed by atoms with Crippen LogP contribution in [0, 0.1) is 11.3 Å². The van der Waals surface area contributed by atoms with E-state index in [1.807, 2.05) is 12.4 Å². The number of allylic oxidation sites excluding steroid dienone is 1. The maximum Gasteiger partial charge on any atom is 0.0974 e. The lowest BCUT2D eigenvalue weighted by atomic mass is 9.58. The standard InChI is InChI=1S/C34H44N2O3/c1-32-12-10-28-21-27-6-7-29(36(16-18-37-2)17-19-38-3)22-33(27)13-14-34(28,39-33)31(32)9-8-30(32)25-5-4-24-11-15-35-23-26(24)20-25/h4-5,10-11,15,20-21,23,29-31H,6-9,12-14,16-19,22H2,1-3H3/t29-,30?,31+,32+,33+,34+/m0/s1. The Kier molecular flexibility index (Phi) is 6.50. The van der Waals surface area contributed by atoms with Crippen molar-refractivity contribution in [2.45, 2.75) is 81.5 Å². The first-order valence-electron chi connectivity index (χ1n) is 15.2. The second kappa shape index (κ2) is 9.80. The van der Waals surface area contributed by atoms with E-state index in [-0.39, 0.29) is 16.6 Å². The first-order valence-corrected chi connectivity index (χ1v) is 15.2. The number of hydrogen-bond donors (Lipinski definition) is 0. The number of nitrogens with zero attached hydrogens (tertiary/aromatic N) is 2. The predicted octanol–water partition coefficient (Wildman–Crippen LogP) is 6.44. The maximum absolute atomic E-state index is 7.57. The molecule has 208 valence electrons. The van der Waals surface area contributed by atoms with Gasteiger partial charge in [0.2, 0.25) is 0 Å². The van der Waals surface area contributed by atoms with Gasteiger partial charge in [-0.25, -0.2) is 0 Å². The highest BCUT2D eigenvalue weighted by Gasteiger charge is 2.66. The van der Waals surface area contributed by atoms with Crippen LogP contribution in [-0.4, -0.2) is 67.7 Å². The van der Waals surface area contributed by atoms with Gasteiger partial charge >= 0.3 is 0 Å². The molecule has 1 saturated heterocycles. The molecule has 3 aliphatic carbocycles. The van der Waals surface area contributed by atoms with Crippen LogP contribution in [0.1, 0.15) is 69.8 Å². The number of pyridine rings is 1. The highest BCUT2D eigenvalue weighted by atomic mass is 16.5. The Balaban J connectivity index is 1.18. The molecule has 2 aromatic rings. The van der Waals surface area contributed by atoms with E-state index in [1.54, 1.807) is 19.8 Å². The molecule has 1 aromatic carbocycles. The molecule has 39 heavy (non-hydrogen) atoms. The van der Waals surface area contributed by atoms with E-state index in [4.69, 9.17) is 14.2 Å². The van der Waals surface area contributed by atoms with Crippen LogP contribution in [0.25, 0.3) is 10.8 Å². The first-order chi connectivity index (χ1) is 19.0. The molecule has 1 aromatic heterocycles. The predicted molar refractivity (Wildman–Crippen MR) is 155 cm³/mol. The zero-order valence-corrected chi connectivity index (χ0v) is 24.0. The van der Waals surface area contributed by atoms with E-state index in [1.165, 1.54) is 41.2 Å². The zero-order valence-electron chi connectivity index (χ0n) is 24.0. The van der Waals surface area contributed by atoms with Crippen molar-refractivity contribution in [1.82, 2.24) is 9.88 Å². The van der Waals surface area contributed by atoms with Crippen LogP contribution >= 0.6 is 0 Å². The smallest absolute Gasteiger partial charge is 0.0974 e. The minimum Gasteiger partial charge on any atom is -0.383 e. The van der Waals surface area contributed by atoms with Crippen molar-refractivity contribution in [2.24, 2.45) is 11.3 Å². The fraction of sp³-hybridized carbons (Fsp3) is 0.618. The highest BCUT2D eigenvalue weighted by molar-refractivity contribution is 5.82. The summed E-state index contributed by atoms with van der Waals surface area (Å²) in [4.78, 5) is 7.00. The molecular weight excluding hydrogens is 484 g/mol. The van der Waals surface area contributed by atoms with Crippen LogP contribution in [0.15, 0.2) is 60.0 Å². The molecule has 6 atom stereocenters. The van der Waals surface area contributed by atoms with E-state index in [0.717, 1.165) is 58.4 Å². The normalized spacial score (nSPS) is 36.9. The summed E-state index contributed by atoms with van der Waals surface area (Å²) in [6, 6.07) is 9.73. The summed E-state index contributed by atoms with van der Waals surface area (Å²) in [5, 5.41) is 2.54. The van der Waals surface area contributed by atoms with Crippen molar-refractivity contribution in [3.63, 3.8) is 0 Å². The Bertz CT molecular complexity index is 1300. The summed E-state index contributed by atoms with van der Waals surface area (Å²) in [5.74, 6) is 1.12. The van der Waals surface area contributed by atoms with Crippen LogP contribution in [-0.2, 0) is 14.2 Å². The average molecular weight is 529 g/mol. The van der Waals surface area contributed by atoms with E-state index in [0.29, 0.717) is 17.9 Å². The van der Waals surface area contributed by atoms with Crippen LogP contribution in [0.4, 0.5) is 0 Å². The Morgan fingerprint density at radius 1 is 1.03 bits per heavy atom. The third-order valence-electron chi connectivity index (χ3n) is 11.4. The molecule has 2 saturated carbocycles. The molecule has 2 aliphatic heterocycles. The molecule has 1 unspecified atom stereocenters. The van der Waals surface area contributed by atoms with Crippen molar-refractivity contribution in [3.8, 4) is 0 Å². The fourth-order valence-corrected chi connectivity index (χ4v) is 9.46. The van der Waals surface area contributed by atoms with Crippen molar-refractivity contribution in [3.05, 3.63) is 65.5 Å². The summed E-state index contributed by atoms with van der Waals surface area (Å²) in [5.41, 5.74) is 4.56. The molecule has 5 aliphatic rings. The molecule has 0 amide bonds. The van der Waals surface area contributed by atoms with Gasteiger partial charge in [0.1, 0.15) is 0 Å².